The molecule has 10 nitrogen and oxygen atoms in total. The van der Waals surface area contributed by atoms with Gasteiger partial charge < -0.3 is 33.8 Å². The van der Waals surface area contributed by atoms with Crippen LogP contribution in [0.4, 0.5) is 0 Å². The first-order chi connectivity index (χ1) is 22.3. The van der Waals surface area contributed by atoms with Crippen LogP contribution in [-0.2, 0) is 25.4 Å². The standard InChI is InChI=1S/C36H45BN4O6/c1-19(2)30(40-34(43)44-8)33(42)41-20(3)9-14-28(41)32-38-27-13-10-21-16-26-24-12-11-23(37-46-35(4,5)36(6,7)47-37)15-22(24)18-45-29(26)17-25(21)31(27)39-32/h10-13,15-17,19-20,28,30,34,40,43H,9,14,18H2,1-8H3,(H,38,39)/t20-,28-,30?,34?/m0/s1. The third-order valence-electron chi connectivity index (χ3n) is 10.6. The highest BCUT2D eigenvalue weighted by atomic mass is 16.7. The van der Waals surface area contributed by atoms with Crippen molar-refractivity contribution in [1.29, 1.82) is 0 Å². The molecule has 3 N–H and O–H groups in total. The first-order valence-electron chi connectivity index (χ1n) is 16.6. The molecule has 1 amide bonds. The second-order valence-electron chi connectivity index (χ2n) is 14.6. The molecule has 2 fully saturated rings. The van der Waals surface area contributed by atoms with Gasteiger partial charge in [0.1, 0.15) is 18.2 Å². The van der Waals surface area contributed by atoms with Crippen LogP contribution in [0, 0.1) is 5.92 Å². The Kier molecular flexibility index (Phi) is 7.92. The number of aliphatic hydroxyl groups is 1. The maximum absolute atomic E-state index is 13.9. The van der Waals surface area contributed by atoms with Crippen LogP contribution >= 0.6 is 0 Å². The van der Waals surface area contributed by atoms with E-state index in [0.29, 0.717) is 6.61 Å². The summed E-state index contributed by atoms with van der Waals surface area (Å²) in [5.41, 5.74) is 5.22. The zero-order chi connectivity index (χ0) is 33.4. The van der Waals surface area contributed by atoms with Crippen LogP contribution in [0.15, 0.2) is 42.5 Å². The summed E-state index contributed by atoms with van der Waals surface area (Å²) in [4.78, 5) is 24.5. The van der Waals surface area contributed by atoms with Gasteiger partial charge in [-0.25, -0.2) is 4.98 Å². The lowest BCUT2D eigenvalue weighted by Crippen LogP contribution is -2.54. The van der Waals surface area contributed by atoms with E-state index in [0.717, 1.165) is 68.4 Å². The van der Waals surface area contributed by atoms with Gasteiger partial charge in [-0.1, -0.05) is 38.1 Å². The molecule has 248 valence electrons. The van der Waals surface area contributed by atoms with E-state index in [1.807, 2.05) is 18.7 Å². The van der Waals surface area contributed by atoms with Gasteiger partial charge in [-0.05, 0) is 93.6 Å². The predicted octanol–water partition coefficient (Wildman–Crippen LogP) is 5.16. The monoisotopic (exact) mass is 640 g/mol. The fourth-order valence-electron chi connectivity index (χ4n) is 7.16. The number of carbonyl (C=O) groups excluding carboxylic acids is 1. The van der Waals surface area contributed by atoms with Crippen LogP contribution in [0.25, 0.3) is 32.9 Å². The van der Waals surface area contributed by atoms with Crippen molar-refractivity contribution in [1.82, 2.24) is 20.2 Å². The Morgan fingerprint density at radius 2 is 1.83 bits per heavy atom. The van der Waals surface area contributed by atoms with Gasteiger partial charge in [0.15, 0.2) is 0 Å². The number of nitrogens with one attached hydrogen (secondary N) is 2. The van der Waals surface area contributed by atoms with Crippen molar-refractivity contribution < 1.29 is 28.7 Å². The van der Waals surface area contributed by atoms with Crippen LogP contribution in [0.1, 0.15) is 78.7 Å². The van der Waals surface area contributed by atoms with E-state index in [2.05, 4.69) is 87.4 Å². The second-order valence-corrected chi connectivity index (χ2v) is 14.6. The fourth-order valence-corrected chi connectivity index (χ4v) is 7.16. The number of aromatic nitrogens is 2. The van der Waals surface area contributed by atoms with Gasteiger partial charge in [-0.3, -0.25) is 10.1 Å². The predicted molar refractivity (Wildman–Crippen MR) is 182 cm³/mol. The minimum absolute atomic E-state index is 0.0333. The largest absolute Gasteiger partial charge is 0.494 e. The average molecular weight is 641 g/mol. The van der Waals surface area contributed by atoms with Crippen molar-refractivity contribution >= 4 is 40.3 Å². The highest BCUT2D eigenvalue weighted by Gasteiger charge is 2.52. The number of hydrogen-bond acceptors (Lipinski definition) is 8. The van der Waals surface area contributed by atoms with Gasteiger partial charge in [0.25, 0.3) is 0 Å². The van der Waals surface area contributed by atoms with Crippen molar-refractivity contribution in [3.8, 4) is 16.9 Å². The molecule has 0 aliphatic carbocycles. The normalized spacial score (nSPS) is 22.9. The molecule has 11 heteroatoms. The Bertz CT molecular complexity index is 1840. The van der Waals surface area contributed by atoms with Crippen LogP contribution in [0.2, 0.25) is 0 Å². The molecule has 1 aromatic heterocycles. The van der Waals surface area contributed by atoms with Crippen LogP contribution in [-0.4, -0.2) is 69.8 Å². The lowest BCUT2D eigenvalue weighted by molar-refractivity contribution is -0.146. The van der Waals surface area contributed by atoms with E-state index in [1.165, 1.54) is 7.11 Å². The quantitative estimate of drug-likeness (QED) is 0.187. The zero-order valence-corrected chi connectivity index (χ0v) is 28.5. The number of amides is 1. The van der Waals surface area contributed by atoms with Crippen LogP contribution in [0.5, 0.6) is 5.75 Å². The molecule has 2 unspecified atom stereocenters. The number of H-pyrrole nitrogens is 1. The fraction of sp³-hybridized carbons (Fsp3) is 0.500. The molecule has 4 aromatic rings. The van der Waals surface area contributed by atoms with Gasteiger partial charge in [0.05, 0.1) is 34.3 Å². The molecule has 0 bridgehead atoms. The molecule has 3 aromatic carbocycles. The highest BCUT2D eigenvalue weighted by molar-refractivity contribution is 6.62. The first-order valence-corrected chi connectivity index (χ1v) is 16.6. The molecule has 3 aliphatic heterocycles. The first kappa shape index (κ1) is 32.1. The molecule has 0 radical (unpaired) electrons. The molecule has 3 aliphatic rings. The lowest BCUT2D eigenvalue weighted by Gasteiger charge is -2.34. The third-order valence-corrected chi connectivity index (χ3v) is 10.6. The van der Waals surface area contributed by atoms with E-state index < -0.39 is 30.8 Å². The number of carbonyl (C=O) groups is 1. The van der Waals surface area contributed by atoms with E-state index >= 15 is 0 Å². The maximum Gasteiger partial charge on any atom is 0.494 e. The highest BCUT2D eigenvalue weighted by Crippen LogP contribution is 2.43. The summed E-state index contributed by atoms with van der Waals surface area (Å²) in [6.45, 7) is 14.7. The van der Waals surface area contributed by atoms with E-state index in [-0.39, 0.29) is 23.9 Å². The van der Waals surface area contributed by atoms with Crippen molar-refractivity contribution in [2.75, 3.05) is 7.11 Å². The van der Waals surface area contributed by atoms with Crippen molar-refractivity contribution in [3.05, 3.63) is 53.9 Å². The van der Waals surface area contributed by atoms with Crippen molar-refractivity contribution in [2.24, 2.45) is 5.92 Å². The van der Waals surface area contributed by atoms with Gasteiger partial charge >= 0.3 is 7.12 Å². The summed E-state index contributed by atoms with van der Waals surface area (Å²) in [6.07, 6.45) is 0.437. The molecule has 47 heavy (non-hydrogen) atoms. The van der Waals surface area contributed by atoms with Crippen LogP contribution in [0.3, 0.4) is 0 Å². The number of rotatable bonds is 7. The molecule has 7 rings (SSSR count). The summed E-state index contributed by atoms with van der Waals surface area (Å²) >= 11 is 0. The molecule has 0 saturated carbocycles. The van der Waals surface area contributed by atoms with E-state index in [9.17, 15) is 9.90 Å². The number of likely N-dealkylation sites (tertiary alicyclic amines) is 1. The minimum Gasteiger partial charge on any atom is -0.488 e. The number of benzene rings is 3. The number of nitrogens with zero attached hydrogens (tertiary/aromatic N) is 2. The SMILES string of the molecule is COC(O)NC(C(=O)N1[C@@H](C)CC[C@H]1c1nc2c(ccc3cc4c(cc32)OCc2cc(B3OC(C)(C)C(C)(C)O3)ccc2-4)[nH]1)C(C)C. The Morgan fingerprint density at radius 1 is 1.09 bits per heavy atom. The molecule has 0 spiro atoms. The van der Waals surface area contributed by atoms with Gasteiger partial charge in [-0.15, -0.1) is 0 Å². The van der Waals surface area contributed by atoms with E-state index in [1.54, 1.807) is 0 Å². The summed E-state index contributed by atoms with van der Waals surface area (Å²) < 4.78 is 24.0. The molecule has 2 saturated heterocycles. The van der Waals surface area contributed by atoms with E-state index in [4.69, 9.17) is 23.8 Å². The lowest BCUT2D eigenvalue weighted by atomic mass is 9.77. The molecular weight excluding hydrogens is 595 g/mol. The zero-order valence-electron chi connectivity index (χ0n) is 28.5. The number of aliphatic hydroxyl groups excluding tert-OH is 1. The van der Waals surface area contributed by atoms with Gasteiger partial charge in [-0.2, -0.15) is 0 Å². The Balaban J connectivity index is 1.20. The van der Waals surface area contributed by atoms with Gasteiger partial charge in [0.2, 0.25) is 12.3 Å². The maximum atomic E-state index is 13.9. The summed E-state index contributed by atoms with van der Waals surface area (Å²) in [7, 11) is 0.975. The molecule has 4 atom stereocenters. The second kappa shape index (κ2) is 11.6. The number of hydrogen-bond donors (Lipinski definition) is 3. The molecule has 4 heterocycles. The minimum atomic E-state index is -1.22. The van der Waals surface area contributed by atoms with Crippen LogP contribution < -0.4 is 15.5 Å². The Hall–Kier alpha value is -3.48. The summed E-state index contributed by atoms with van der Waals surface area (Å²) in [5.74, 6) is 1.46. The number of aromatic amines is 1. The van der Waals surface area contributed by atoms with Crippen molar-refractivity contribution in [2.45, 2.75) is 104 Å². The van der Waals surface area contributed by atoms with Crippen molar-refractivity contribution in [3.63, 3.8) is 0 Å². The number of fused-ring (bicyclic) bond motifs is 6. The smallest absolute Gasteiger partial charge is 0.488 e. The molecular formula is C36H45BN4O6. The number of methoxy groups -OCH3 is 1. The number of imidazole rings is 1. The number of ether oxygens (including phenoxy) is 2. The summed E-state index contributed by atoms with van der Waals surface area (Å²) in [6, 6.07) is 14.0. The topological polar surface area (TPSA) is 118 Å². The Labute approximate surface area is 276 Å². The third kappa shape index (κ3) is 5.42. The van der Waals surface area contributed by atoms with Gasteiger partial charge in [0, 0.05) is 24.1 Å². The average Bonchev–Trinajstić information content (AvgIpc) is 3.70. The Morgan fingerprint density at radius 3 is 2.53 bits per heavy atom. The summed E-state index contributed by atoms with van der Waals surface area (Å²) in [5, 5.41) is 15.1.